The van der Waals surface area contributed by atoms with Crippen LogP contribution in [0.5, 0.6) is 0 Å². The normalized spacial score (nSPS) is 22.7. The minimum absolute atomic E-state index is 0.359. The summed E-state index contributed by atoms with van der Waals surface area (Å²) in [6, 6.07) is 13.8. The number of esters is 1. The Morgan fingerprint density at radius 2 is 2.00 bits per heavy atom. The van der Waals surface area contributed by atoms with Gasteiger partial charge in [0.1, 0.15) is 5.82 Å². The van der Waals surface area contributed by atoms with E-state index in [0.29, 0.717) is 23.2 Å². The fourth-order valence-electron chi connectivity index (χ4n) is 5.08. The number of benzene rings is 2. The molecule has 4 heterocycles. The van der Waals surface area contributed by atoms with Crippen LogP contribution in [-0.2, 0) is 11.3 Å². The van der Waals surface area contributed by atoms with Crippen molar-refractivity contribution in [3.05, 3.63) is 53.1 Å². The summed E-state index contributed by atoms with van der Waals surface area (Å²) in [4.78, 5) is 19.9. The van der Waals surface area contributed by atoms with Crippen molar-refractivity contribution in [2.45, 2.75) is 25.4 Å². The molecule has 0 unspecified atom stereocenters. The van der Waals surface area contributed by atoms with Crippen LogP contribution in [0.15, 0.2) is 42.5 Å². The first-order valence-electron chi connectivity index (χ1n) is 10.9. The molecule has 2 aromatic carbocycles. The van der Waals surface area contributed by atoms with Gasteiger partial charge in [0.2, 0.25) is 0 Å². The molecule has 6 nitrogen and oxygen atoms in total. The lowest BCUT2D eigenvalue weighted by Gasteiger charge is -2.45. The van der Waals surface area contributed by atoms with Crippen molar-refractivity contribution in [1.29, 1.82) is 0 Å². The van der Waals surface area contributed by atoms with Crippen molar-refractivity contribution in [3.63, 3.8) is 0 Å². The molecule has 3 aliphatic rings. The number of hydrogen-bond acceptors (Lipinski definition) is 5. The van der Waals surface area contributed by atoms with E-state index in [1.807, 2.05) is 36.4 Å². The molecule has 0 aliphatic carbocycles. The number of carbonyl (C=O) groups excluding carboxylic acids is 1. The van der Waals surface area contributed by atoms with Gasteiger partial charge < -0.3 is 19.5 Å². The Morgan fingerprint density at radius 3 is 2.71 bits per heavy atom. The standard InChI is InChI=1S/C24H27ClN4O2/c1-31-24(30)18-6-4-8-20-22(18)29(23(27-20)17-5-2-3-7-19(17)25)14-11-26-21-15-28-12-9-16(21)10-13-28/h2-8,16,21,26H,9-15H2,1H3/t21-/m1/s1. The van der Waals surface area contributed by atoms with E-state index in [9.17, 15) is 4.79 Å². The number of nitrogens with one attached hydrogen (secondary N) is 1. The monoisotopic (exact) mass is 438 g/mol. The average Bonchev–Trinajstić information content (AvgIpc) is 3.18. The van der Waals surface area contributed by atoms with E-state index in [2.05, 4.69) is 14.8 Å². The average molecular weight is 439 g/mol. The van der Waals surface area contributed by atoms with Crippen LogP contribution >= 0.6 is 11.6 Å². The predicted octanol–water partition coefficient (Wildman–Crippen LogP) is 3.83. The lowest BCUT2D eigenvalue weighted by atomic mass is 9.84. The van der Waals surface area contributed by atoms with Gasteiger partial charge in [-0.25, -0.2) is 9.78 Å². The first-order valence-corrected chi connectivity index (χ1v) is 11.3. The quantitative estimate of drug-likeness (QED) is 0.593. The Kier molecular flexibility index (Phi) is 5.69. The Labute approximate surface area is 187 Å². The fraction of sp³-hybridized carbons (Fsp3) is 0.417. The molecule has 7 heteroatoms. The SMILES string of the molecule is COC(=O)c1cccc2nc(-c3ccccc3Cl)n(CCN[C@@H]3CN4CCC3CC4)c12. The van der Waals surface area contributed by atoms with Crippen LogP contribution in [0.25, 0.3) is 22.4 Å². The third-order valence-electron chi connectivity index (χ3n) is 6.68. The van der Waals surface area contributed by atoms with Crippen LogP contribution in [-0.4, -0.2) is 59.8 Å². The second kappa shape index (κ2) is 8.61. The van der Waals surface area contributed by atoms with E-state index in [1.54, 1.807) is 6.07 Å². The van der Waals surface area contributed by atoms with Gasteiger partial charge in [-0.05, 0) is 56.1 Å². The summed E-state index contributed by atoms with van der Waals surface area (Å²) in [6.45, 7) is 5.07. The molecule has 6 rings (SSSR count). The third kappa shape index (κ3) is 3.84. The van der Waals surface area contributed by atoms with Gasteiger partial charge in [-0.15, -0.1) is 0 Å². The van der Waals surface area contributed by atoms with Crippen LogP contribution in [0.4, 0.5) is 0 Å². The Balaban J connectivity index is 1.50. The zero-order valence-electron chi connectivity index (χ0n) is 17.7. The highest BCUT2D eigenvalue weighted by molar-refractivity contribution is 6.33. The molecular formula is C24H27ClN4O2. The van der Waals surface area contributed by atoms with Gasteiger partial charge in [-0.3, -0.25) is 0 Å². The number of ether oxygens (including phenoxy) is 1. The fourth-order valence-corrected chi connectivity index (χ4v) is 5.30. The Hall–Kier alpha value is -2.41. The predicted molar refractivity (Wildman–Crippen MR) is 122 cm³/mol. The number of para-hydroxylation sites is 1. The van der Waals surface area contributed by atoms with Crippen LogP contribution in [0, 0.1) is 5.92 Å². The lowest BCUT2D eigenvalue weighted by molar-refractivity contribution is 0.0602. The van der Waals surface area contributed by atoms with E-state index in [-0.39, 0.29) is 5.97 Å². The highest BCUT2D eigenvalue weighted by Crippen LogP contribution is 2.32. The second-order valence-corrected chi connectivity index (χ2v) is 8.84. The van der Waals surface area contributed by atoms with E-state index < -0.39 is 0 Å². The molecular weight excluding hydrogens is 412 g/mol. The molecule has 3 aliphatic heterocycles. The number of imidazole rings is 1. The summed E-state index contributed by atoms with van der Waals surface area (Å²) < 4.78 is 7.15. The summed E-state index contributed by atoms with van der Waals surface area (Å²) in [5.41, 5.74) is 2.94. The molecule has 0 amide bonds. The number of aromatic nitrogens is 2. The zero-order chi connectivity index (χ0) is 21.4. The van der Waals surface area contributed by atoms with Crippen LogP contribution in [0.1, 0.15) is 23.2 Å². The molecule has 31 heavy (non-hydrogen) atoms. The van der Waals surface area contributed by atoms with Crippen molar-refractivity contribution >= 4 is 28.6 Å². The Morgan fingerprint density at radius 1 is 1.19 bits per heavy atom. The summed E-state index contributed by atoms with van der Waals surface area (Å²) in [5.74, 6) is 1.17. The van der Waals surface area contributed by atoms with Crippen molar-refractivity contribution in [3.8, 4) is 11.4 Å². The van der Waals surface area contributed by atoms with Gasteiger partial charge in [0.15, 0.2) is 0 Å². The Bertz CT molecular complexity index is 1100. The number of nitrogens with zero attached hydrogens (tertiary/aromatic N) is 3. The molecule has 0 radical (unpaired) electrons. The number of fused-ring (bicyclic) bond motifs is 4. The summed E-state index contributed by atoms with van der Waals surface area (Å²) >= 11 is 6.52. The van der Waals surface area contributed by atoms with Gasteiger partial charge in [-0.1, -0.05) is 29.8 Å². The number of rotatable bonds is 6. The van der Waals surface area contributed by atoms with Crippen molar-refractivity contribution in [2.75, 3.05) is 33.3 Å². The maximum atomic E-state index is 12.5. The van der Waals surface area contributed by atoms with Gasteiger partial charge >= 0.3 is 5.97 Å². The van der Waals surface area contributed by atoms with Gasteiger partial charge in [0.05, 0.1) is 28.7 Å². The van der Waals surface area contributed by atoms with E-state index in [0.717, 1.165) is 41.4 Å². The summed E-state index contributed by atoms with van der Waals surface area (Å²) in [6.07, 6.45) is 2.56. The van der Waals surface area contributed by atoms with Crippen molar-refractivity contribution < 1.29 is 9.53 Å². The molecule has 3 aromatic rings. The molecule has 1 N–H and O–H groups in total. The van der Waals surface area contributed by atoms with E-state index in [4.69, 9.17) is 21.3 Å². The highest BCUT2D eigenvalue weighted by atomic mass is 35.5. The maximum absolute atomic E-state index is 12.5. The number of methoxy groups -OCH3 is 1. The summed E-state index contributed by atoms with van der Waals surface area (Å²) in [5, 5.41) is 4.42. The molecule has 162 valence electrons. The molecule has 1 atom stereocenters. The molecule has 1 aromatic heterocycles. The van der Waals surface area contributed by atoms with E-state index in [1.165, 1.54) is 33.0 Å². The van der Waals surface area contributed by atoms with Gasteiger partial charge in [0, 0.05) is 31.2 Å². The minimum atomic E-state index is -0.359. The molecule has 0 spiro atoms. The lowest BCUT2D eigenvalue weighted by Crippen LogP contribution is -2.56. The van der Waals surface area contributed by atoms with Crippen LogP contribution in [0.2, 0.25) is 5.02 Å². The van der Waals surface area contributed by atoms with Crippen molar-refractivity contribution in [2.24, 2.45) is 5.92 Å². The number of halogens is 1. The molecule has 3 saturated heterocycles. The molecule has 0 saturated carbocycles. The van der Waals surface area contributed by atoms with E-state index >= 15 is 0 Å². The maximum Gasteiger partial charge on any atom is 0.340 e. The topological polar surface area (TPSA) is 59.4 Å². The second-order valence-electron chi connectivity index (χ2n) is 8.43. The number of hydrogen-bond donors (Lipinski definition) is 1. The smallest absolute Gasteiger partial charge is 0.340 e. The third-order valence-corrected chi connectivity index (χ3v) is 7.01. The first-order chi connectivity index (χ1) is 15.2. The zero-order valence-corrected chi connectivity index (χ0v) is 18.4. The highest BCUT2D eigenvalue weighted by Gasteiger charge is 2.33. The number of carbonyl (C=O) groups is 1. The summed E-state index contributed by atoms with van der Waals surface area (Å²) in [7, 11) is 1.41. The largest absolute Gasteiger partial charge is 0.465 e. The van der Waals surface area contributed by atoms with Crippen LogP contribution in [0.3, 0.4) is 0 Å². The van der Waals surface area contributed by atoms with Crippen LogP contribution < -0.4 is 5.32 Å². The minimum Gasteiger partial charge on any atom is -0.465 e. The van der Waals surface area contributed by atoms with Crippen molar-refractivity contribution in [1.82, 2.24) is 19.8 Å². The molecule has 3 fully saturated rings. The number of piperidine rings is 3. The van der Waals surface area contributed by atoms with Gasteiger partial charge in [0.25, 0.3) is 0 Å². The first kappa shape index (κ1) is 20.5. The van der Waals surface area contributed by atoms with Gasteiger partial charge in [-0.2, -0.15) is 0 Å². The molecule has 2 bridgehead atoms.